The molecule has 1 fully saturated rings. The number of hydrogen-bond donors (Lipinski definition) is 0. The number of benzene rings is 1. The summed E-state index contributed by atoms with van der Waals surface area (Å²) in [5.41, 5.74) is 0.878. The lowest BCUT2D eigenvalue weighted by molar-refractivity contribution is -0.143. The Morgan fingerprint density at radius 2 is 1.78 bits per heavy atom. The fourth-order valence-electron chi connectivity index (χ4n) is 2.31. The lowest BCUT2D eigenvalue weighted by Gasteiger charge is -2.17. The van der Waals surface area contributed by atoms with E-state index in [-0.39, 0.29) is 19.0 Å². The molecule has 7 heteroatoms. The van der Waals surface area contributed by atoms with Crippen molar-refractivity contribution >= 4 is 23.8 Å². The van der Waals surface area contributed by atoms with Gasteiger partial charge in [0.15, 0.2) is 0 Å². The largest absolute Gasteiger partial charge is 0.465 e. The zero-order valence-electron chi connectivity index (χ0n) is 13.2. The van der Waals surface area contributed by atoms with E-state index >= 15 is 0 Å². The lowest BCUT2D eigenvalue weighted by atomic mass is 10.1. The molecule has 1 aliphatic heterocycles. The molecule has 122 valence electrons. The Hall–Kier alpha value is -2.70. The fourth-order valence-corrected chi connectivity index (χ4v) is 2.31. The third-order valence-corrected chi connectivity index (χ3v) is 3.37. The summed E-state index contributed by atoms with van der Waals surface area (Å²) < 4.78 is 4.63. The molecule has 23 heavy (non-hydrogen) atoms. The number of esters is 1. The van der Waals surface area contributed by atoms with Gasteiger partial charge in [-0.1, -0.05) is 26.0 Å². The summed E-state index contributed by atoms with van der Waals surface area (Å²) in [6.45, 7) is 3.84. The second kappa shape index (κ2) is 6.60. The molecular formula is C16H18N2O5. The minimum absolute atomic E-state index is 0.0666. The van der Waals surface area contributed by atoms with Crippen molar-refractivity contribution in [1.29, 1.82) is 0 Å². The molecule has 2 rings (SSSR count). The van der Waals surface area contributed by atoms with Gasteiger partial charge < -0.3 is 4.74 Å². The van der Waals surface area contributed by atoms with Crippen LogP contribution in [0.1, 0.15) is 29.8 Å². The molecule has 0 aromatic heterocycles. The van der Waals surface area contributed by atoms with Gasteiger partial charge >= 0.3 is 23.8 Å². The van der Waals surface area contributed by atoms with Crippen molar-refractivity contribution in [1.82, 2.24) is 9.80 Å². The molecule has 0 spiro atoms. The van der Waals surface area contributed by atoms with E-state index in [1.54, 1.807) is 18.2 Å². The van der Waals surface area contributed by atoms with Crippen LogP contribution >= 0.6 is 0 Å². The van der Waals surface area contributed by atoms with Gasteiger partial charge in [-0.3, -0.25) is 19.4 Å². The van der Waals surface area contributed by atoms with Gasteiger partial charge in [0.1, 0.15) is 0 Å². The van der Waals surface area contributed by atoms with Crippen molar-refractivity contribution in [3.05, 3.63) is 35.4 Å². The molecule has 1 saturated heterocycles. The Balaban J connectivity index is 2.20. The number of urea groups is 1. The minimum atomic E-state index is -0.848. The molecule has 7 nitrogen and oxygen atoms in total. The van der Waals surface area contributed by atoms with Gasteiger partial charge in [-0.25, -0.2) is 9.59 Å². The molecule has 4 amide bonds. The first kappa shape index (κ1) is 16.7. The molecule has 0 unspecified atom stereocenters. The average Bonchev–Trinajstić information content (AvgIpc) is 2.72. The highest BCUT2D eigenvalue weighted by Crippen LogP contribution is 2.18. The molecule has 1 aliphatic rings. The van der Waals surface area contributed by atoms with Crippen LogP contribution in [0.25, 0.3) is 0 Å². The number of imide groups is 2. The van der Waals surface area contributed by atoms with E-state index < -0.39 is 23.8 Å². The third kappa shape index (κ3) is 3.39. The molecule has 0 saturated carbocycles. The summed E-state index contributed by atoms with van der Waals surface area (Å²) in [4.78, 5) is 49.6. The van der Waals surface area contributed by atoms with Crippen LogP contribution in [0.3, 0.4) is 0 Å². The molecule has 1 heterocycles. The third-order valence-electron chi connectivity index (χ3n) is 3.37. The summed E-state index contributed by atoms with van der Waals surface area (Å²) in [6.07, 6.45) is 0. The summed E-state index contributed by atoms with van der Waals surface area (Å²) >= 11 is 0. The highest BCUT2D eigenvalue weighted by atomic mass is 16.5. The number of carbonyl (C=O) groups is 4. The number of nitrogens with zero attached hydrogens (tertiary/aromatic N) is 2. The second-order valence-electron chi connectivity index (χ2n) is 5.68. The van der Waals surface area contributed by atoms with Crippen molar-refractivity contribution in [3.63, 3.8) is 0 Å². The topological polar surface area (TPSA) is 84.0 Å². The highest BCUT2D eigenvalue weighted by molar-refractivity contribution is 6.44. The van der Waals surface area contributed by atoms with E-state index in [1.165, 1.54) is 13.2 Å². The maximum absolute atomic E-state index is 12.3. The van der Waals surface area contributed by atoms with Crippen LogP contribution in [0.15, 0.2) is 24.3 Å². The number of ether oxygens (including phenoxy) is 1. The van der Waals surface area contributed by atoms with E-state index in [0.29, 0.717) is 11.1 Å². The molecule has 0 radical (unpaired) electrons. The smallest absolute Gasteiger partial charge is 0.337 e. The predicted molar refractivity (Wildman–Crippen MR) is 80.3 cm³/mol. The van der Waals surface area contributed by atoms with E-state index in [1.807, 2.05) is 13.8 Å². The Bertz CT molecular complexity index is 668. The van der Waals surface area contributed by atoms with Crippen LogP contribution in [-0.2, 0) is 20.9 Å². The second-order valence-corrected chi connectivity index (χ2v) is 5.68. The lowest BCUT2D eigenvalue weighted by Crippen LogP contribution is -2.35. The highest BCUT2D eigenvalue weighted by Gasteiger charge is 2.44. The Kier molecular flexibility index (Phi) is 4.78. The summed E-state index contributed by atoms with van der Waals surface area (Å²) in [7, 11) is 1.27. The van der Waals surface area contributed by atoms with Crippen molar-refractivity contribution in [2.75, 3.05) is 13.7 Å². The first-order valence-corrected chi connectivity index (χ1v) is 7.19. The molecule has 0 bridgehead atoms. The van der Waals surface area contributed by atoms with Gasteiger partial charge in [-0.2, -0.15) is 0 Å². The number of rotatable bonds is 5. The quantitative estimate of drug-likeness (QED) is 0.466. The Morgan fingerprint density at radius 3 is 2.39 bits per heavy atom. The van der Waals surface area contributed by atoms with Gasteiger partial charge in [-0.15, -0.1) is 0 Å². The molecule has 1 aromatic carbocycles. The van der Waals surface area contributed by atoms with Crippen molar-refractivity contribution in [2.24, 2.45) is 5.92 Å². The van der Waals surface area contributed by atoms with Crippen LogP contribution in [0.2, 0.25) is 0 Å². The zero-order chi connectivity index (χ0) is 17.1. The van der Waals surface area contributed by atoms with Crippen LogP contribution in [0.4, 0.5) is 4.79 Å². The molecule has 0 aliphatic carbocycles. The minimum Gasteiger partial charge on any atom is -0.465 e. The van der Waals surface area contributed by atoms with Gasteiger partial charge in [0.05, 0.1) is 19.2 Å². The average molecular weight is 318 g/mol. The molecular weight excluding hydrogens is 300 g/mol. The predicted octanol–water partition coefficient (Wildman–Crippen LogP) is 1.42. The maximum atomic E-state index is 12.3. The van der Waals surface area contributed by atoms with Gasteiger partial charge in [0, 0.05) is 6.54 Å². The van der Waals surface area contributed by atoms with Crippen molar-refractivity contribution < 1.29 is 23.9 Å². The summed E-state index contributed by atoms with van der Waals surface area (Å²) in [5.74, 6) is -2.10. The molecule has 1 aromatic rings. The zero-order valence-corrected chi connectivity index (χ0v) is 13.2. The Morgan fingerprint density at radius 1 is 1.13 bits per heavy atom. The Labute approximate surface area is 133 Å². The van der Waals surface area contributed by atoms with Crippen LogP contribution < -0.4 is 0 Å². The number of amides is 4. The summed E-state index contributed by atoms with van der Waals surface area (Å²) in [5, 5.41) is 0. The van der Waals surface area contributed by atoms with Crippen molar-refractivity contribution in [2.45, 2.75) is 20.4 Å². The van der Waals surface area contributed by atoms with Crippen LogP contribution in [0, 0.1) is 5.92 Å². The first-order chi connectivity index (χ1) is 10.8. The van der Waals surface area contributed by atoms with Gasteiger partial charge in [-0.05, 0) is 23.6 Å². The van der Waals surface area contributed by atoms with E-state index in [0.717, 1.165) is 9.80 Å². The fraction of sp³-hybridized carbons (Fsp3) is 0.375. The van der Waals surface area contributed by atoms with Gasteiger partial charge in [0.2, 0.25) is 0 Å². The maximum Gasteiger partial charge on any atom is 0.337 e. The molecule has 0 N–H and O–H groups in total. The first-order valence-electron chi connectivity index (χ1n) is 7.19. The van der Waals surface area contributed by atoms with E-state index in [4.69, 9.17) is 0 Å². The number of carbonyl (C=O) groups excluding carboxylic acids is 4. The summed E-state index contributed by atoms with van der Waals surface area (Å²) in [6, 6.07) is 5.77. The number of methoxy groups -OCH3 is 1. The SMILES string of the molecule is COC(=O)c1cccc(CN2C(=O)C(=O)N(CC(C)C)C2=O)c1. The van der Waals surface area contributed by atoms with E-state index in [2.05, 4.69) is 4.74 Å². The van der Waals surface area contributed by atoms with Gasteiger partial charge in [0.25, 0.3) is 0 Å². The molecule has 0 atom stereocenters. The monoisotopic (exact) mass is 318 g/mol. The van der Waals surface area contributed by atoms with Crippen LogP contribution in [0.5, 0.6) is 0 Å². The normalized spacial score (nSPS) is 14.9. The van der Waals surface area contributed by atoms with Crippen LogP contribution in [-0.4, -0.2) is 47.3 Å². The van der Waals surface area contributed by atoms with Crippen molar-refractivity contribution in [3.8, 4) is 0 Å². The van der Waals surface area contributed by atoms with E-state index in [9.17, 15) is 19.2 Å². The number of hydrogen-bond acceptors (Lipinski definition) is 5. The standard InChI is InChI=1S/C16H18N2O5/c1-10(2)8-17-13(19)14(20)18(16(17)22)9-11-5-4-6-12(7-11)15(21)23-3/h4-7,10H,8-9H2,1-3H3.